The van der Waals surface area contributed by atoms with Crippen LogP contribution in [0.15, 0.2) is 364 Å². The van der Waals surface area contributed by atoms with Crippen LogP contribution in [0.25, 0.3) is 44.5 Å². The Morgan fingerprint density at radius 2 is 0.536 bits per heavy atom. The first-order chi connectivity index (χ1) is 52.6. The maximum atomic E-state index is 14.0. The summed E-state index contributed by atoms with van der Waals surface area (Å²) in [6.07, 6.45) is 0. The van der Waals surface area contributed by atoms with Crippen LogP contribution in [0.1, 0.15) is 34.8 Å². The van der Waals surface area contributed by atoms with Gasteiger partial charge >= 0.3 is 103 Å². The fraction of sp³-hybridized carbons (Fsp3) is 0.0619. The molecule has 0 saturated carbocycles. The summed E-state index contributed by atoms with van der Waals surface area (Å²) in [5.74, 6) is 1.94. The molecule has 0 fully saturated rings. The molecule has 0 heterocycles. The van der Waals surface area contributed by atoms with Crippen LogP contribution in [0.3, 0.4) is 0 Å². The van der Waals surface area contributed by atoms with Gasteiger partial charge in [-0.15, -0.1) is 0 Å². The van der Waals surface area contributed by atoms with Gasteiger partial charge in [0, 0.05) is 104 Å². The van der Waals surface area contributed by atoms with Crippen molar-refractivity contribution in [1.29, 1.82) is 0 Å². The summed E-state index contributed by atoms with van der Waals surface area (Å²) in [6, 6.07) is 121. The molecule has 0 atom stereocenters. The standard InChI is InChI=1S/C58H48N2O2.C20H19NO.C18H12F2.CH2O3.2K.H/c1-41-21-29-47(30-22-41)59(48-31-23-42(2)24-32-48)51-17-11-19-53(37-51)61-57-40-58(56(46-15-9-6-10-16-46)39-55(57)45-13-7-5-8-14-45)62-54-20-12-18-52(38-54)60(49-33-25-43(3)26-34-49)50-35-27-44(4)28-36-50;1-15-6-10-17(11-7-15)21(18-12-8-16(2)9-13-18)19-4-3-5-20(22)14-19;19-17-12-18(20)16(14-9-5-2-6-10-14)11-15(17)13-7-3-1-4-8-13;2-1-4-3;;;/h5-40H,1-4H3;3-14,22H,1-2H3;1-12H;1,3H;;;/q;;;;2*+1;-1/p-1. The smallest absolute Gasteiger partial charge is 1.00 e. The van der Waals surface area contributed by atoms with Crippen molar-refractivity contribution in [3.63, 3.8) is 0 Å². The van der Waals surface area contributed by atoms with Gasteiger partial charge in [0.2, 0.25) is 0 Å². The number of carbonyl (C=O) groups excluding carboxylic acids is 1. The quantitative estimate of drug-likeness (QED) is 0.0390. The van der Waals surface area contributed by atoms with E-state index in [1.54, 1.807) is 18.2 Å². The molecule has 0 bridgehead atoms. The number of phenolic OH excluding ortho intramolecular Hbond substituents is 1. The topological polar surface area (TPSA) is 97.8 Å². The number of carbonyl (C=O) groups is 1. The normalized spacial score (nSPS) is 10.3. The molecule has 0 radical (unpaired) electrons. The van der Waals surface area contributed by atoms with Gasteiger partial charge in [-0.05, 0) is 185 Å². The van der Waals surface area contributed by atoms with E-state index in [9.17, 15) is 13.9 Å². The summed E-state index contributed by atoms with van der Waals surface area (Å²) < 4.78 is 42.0. The minimum Gasteiger partial charge on any atom is -1.00 e. The van der Waals surface area contributed by atoms with E-state index in [1.807, 2.05) is 103 Å². The predicted molar refractivity (Wildman–Crippen MR) is 436 cm³/mol. The van der Waals surface area contributed by atoms with Crippen molar-refractivity contribution < 1.29 is 142 Å². The molecule has 0 aliphatic heterocycles. The van der Waals surface area contributed by atoms with E-state index in [0.29, 0.717) is 34.1 Å². The summed E-state index contributed by atoms with van der Waals surface area (Å²) in [5, 5.41) is 18.2. The molecule has 0 amide bonds. The van der Waals surface area contributed by atoms with Crippen LogP contribution in [0.2, 0.25) is 0 Å². The number of hydrogen-bond acceptors (Lipinski definition) is 9. The number of nitrogens with zero attached hydrogens (tertiary/aromatic N) is 3. The second-order valence-corrected chi connectivity index (χ2v) is 26.1. The molecule has 0 aliphatic carbocycles. The Hall–Kier alpha value is -10.3. The van der Waals surface area contributed by atoms with Crippen molar-refractivity contribution in [3.8, 4) is 73.3 Å². The Morgan fingerprint density at radius 1 is 0.291 bits per heavy atom. The van der Waals surface area contributed by atoms with E-state index < -0.39 is 11.6 Å². The van der Waals surface area contributed by atoms with Crippen LogP contribution in [0.5, 0.6) is 28.7 Å². The summed E-state index contributed by atoms with van der Waals surface area (Å²) in [6.45, 7) is 12.4. The number of anilines is 9. The minimum absolute atomic E-state index is 0. The molecule has 15 rings (SSSR count). The number of aryl methyl sites for hydroxylation is 6. The van der Waals surface area contributed by atoms with Crippen molar-refractivity contribution in [2.45, 2.75) is 41.5 Å². The predicted octanol–water partition coefficient (Wildman–Crippen LogP) is 20.1. The van der Waals surface area contributed by atoms with Crippen LogP contribution in [-0.2, 0) is 9.68 Å². The van der Waals surface area contributed by atoms with Gasteiger partial charge in [0.25, 0.3) is 6.47 Å². The van der Waals surface area contributed by atoms with Crippen LogP contribution >= 0.6 is 0 Å². The number of halogens is 2. The summed E-state index contributed by atoms with van der Waals surface area (Å²) in [5.41, 5.74) is 22.9. The third-order valence-electron chi connectivity index (χ3n) is 18.0. The van der Waals surface area contributed by atoms with Gasteiger partial charge in [0.05, 0.1) is 0 Å². The molecular formula is C97H81F2K2N3O6. The maximum absolute atomic E-state index is 14.0. The van der Waals surface area contributed by atoms with Gasteiger partial charge in [-0.1, -0.05) is 246 Å². The van der Waals surface area contributed by atoms with E-state index in [4.69, 9.17) is 19.5 Å². The second-order valence-electron chi connectivity index (χ2n) is 26.1. The number of benzene rings is 15. The molecule has 15 aromatic carbocycles. The Morgan fingerprint density at radius 3 is 0.800 bits per heavy atom. The zero-order valence-electron chi connectivity index (χ0n) is 63.8. The van der Waals surface area contributed by atoms with Gasteiger partial charge in [-0.2, -0.15) is 0 Å². The Labute approximate surface area is 730 Å². The van der Waals surface area contributed by atoms with Crippen LogP contribution in [-0.4, -0.2) is 11.6 Å². The van der Waals surface area contributed by atoms with E-state index in [0.717, 1.165) is 90.6 Å². The minimum atomic E-state index is -0.548. The molecule has 536 valence electrons. The van der Waals surface area contributed by atoms with Gasteiger partial charge in [0.1, 0.15) is 40.4 Å². The number of aromatic hydroxyl groups is 1. The third-order valence-corrected chi connectivity index (χ3v) is 18.0. The van der Waals surface area contributed by atoms with Gasteiger partial charge in [0.15, 0.2) is 0 Å². The molecule has 0 aliphatic rings. The zero-order chi connectivity index (χ0) is 75.3. The largest absolute Gasteiger partial charge is 1.00 e. The first-order valence-electron chi connectivity index (χ1n) is 35.4. The third kappa shape index (κ3) is 21.8. The zero-order valence-corrected chi connectivity index (χ0v) is 69.1. The van der Waals surface area contributed by atoms with E-state index >= 15 is 0 Å². The van der Waals surface area contributed by atoms with Crippen LogP contribution in [0.4, 0.5) is 60.0 Å². The molecule has 15 aromatic rings. The van der Waals surface area contributed by atoms with Crippen molar-refractivity contribution in [2.24, 2.45) is 0 Å². The molecule has 0 aromatic heterocycles. The van der Waals surface area contributed by atoms with Gasteiger partial charge in [-0.25, -0.2) is 8.78 Å². The molecule has 110 heavy (non-hydrogen) atoms. The summed E-state index contributed by atoms with van der Waals surface area (Å²) in [7, 11) is 0. The summed E-state index contributed by atoms with van der Waals surface area (Å²) >= 11 is 0. The van der Waals surface area contributed by atoms with Crippen LogP contribution < -0.4 is 132 Å². The molecule has 0 spiro atoms. The van der Waals surface area contributed by atoms with Crippen molar-refractivity contribution in [2.75, 3.05) is 14.7 Å². The maximum Gasteiger partial charge on any atom is 1.00 e. The van der Waals surface area contributed by atoms with E-state index in [2.05, 4.69) is 298 Å². The average molecular weight is 1500 g/mol. The molecule has 0 saturated heterocycles. The molecule has 9 nitrogen and oxygen atoms in total. The first kappa shape index (κ1) is 82.2. The Kier molecular flexibility index (Phi) is 30.2. The van der Waals surface area contributed by atoms with Crippen molar-refractivity contribution in [3.05, 3.63) is 409 Å². The number of hydrogen-bond donors (Lipinski definition) is 1. The van der Waals surface area contributed by atoms with Crippen molar-refractivity contribution in [1.82, 2.24) is 0 Å². The van der Waals surface area contributed by atoms with Gasteiger partial charge < -0.3 is 40.9 Å². The Balaban J connectivity index is 0.000000234. The Bertz CT molecular complexity index is 5030. The van der Waals surface area contributed by atoms with Crippen molar-refractivity contribution >= 4 is 57.7 Å². The van der Waals surface area contributed by atoms with Crippen LogP contribution in [0, 0.1) is 53.2 Å². The SMILES string of the molecule is Cc1ccc(N(c2ccc(C)cc2)c2cccc(O)c2)cc1.Cc1ccc(N(c2ccc(C)cc2)c2cccc(Oc3cc(Oc4cccc(N(c5ccc(C)cc5)c5ccc(C)cc5)c4)c(-c4ccccc4)cc3-c3ccccc3)c2)cc1.Fc1cc(F)c(-c2ccccc2)cc1-c1ccccc1.O=CO[O-].[H-].[K+].[K+]. The fourth-order valence-corrected chi connectivity index (χ4v) is 12.4. The molecule has 1 N–H and O–H groups in total. The molecule has 13 heteroatoms. The average Bonchev–Trinajstić information content (AvgIpc) is 0.778. The fourth-order valence-electron chi connectivity index (χ4n) is 12.4. The number of phenols is 1. The molecular weight excluding hydrogens is 1420 g/mol. The number of ether oxygens (including phenoxy) is 2. The number of rotatable bonds is 18. The first-order valence-corrected chi connectivity index (χ1v) is 35.4. The molecule has 0 unspecified atom stereocenters. The monoisotopic (exact) mass is 1500 g/mol. The second kappa shape index (κ2) is 40.4. The van der Waals surface area contributed by atoms with E-state index in [1.165, 1.54) is 33.4 Å². The van der Waals surface area contributed by atoms with Gasteiger partial charge in [-0.3, -0.25) is 4.79 Å². The van der Waals surface area contributed by atoms with E-state index in [-0.39, 0.29) is 116 Å². The summed E-state index contributed by atoms with van der Waals surface area (Å²) in [4.78, 5) is 17.9.